The average molecular weight is 517 g/mol. The summed E-state index contributed by atoms with van der Waals surface area (Å²) in [7, 11) is 1.75. The number of hydrogen-bond donors (Lipinski definition) is 1. The van der Waals surface area contributed by atoms with E-state index in [4.69, 9.17) is 9.47 Å². The van der Waals surface area contributed by atoms with E-state index in [1.54, 1.807) is 7.11 Å². The van der Waals surface area contributed by atoms with Crippen LogP contribution in [-0.4, -0.2) is 61.6 Å². The quantitative estimate of drug-likeness (QED) is 0.588. The van der Waals surface area contributed by atoms with Crippen molar-refractivity contribution in [1.82, 2.24) is 10.2 Å². The van der Waals surface area contributed by atoms with E-state index in [1.165, 1.54) is 6.08 Å². The summed E-state index contributed by atoms with van der Waals surface area (Å²) in [5.41, 5.74) is -1.31. The molecule has 6 rings (SSSR count). The number of allylic oxidation sites excluding steroid dienone is 1. The summed E-state index contributed by atoms with van der Waals surface area (Å²) in [6.07, 6.45) is 7.05. The smallest absolute Gasteiger partial charge is 0.414 e. The van der Waals surface area contributed by atoms with Gasteiger partial charge in [0.25, 0.3) is 0 Å². The molecule has 7 nitrogen and oxygen atoms in total. The average Bonchev–Trinajstić information content (AvgIpc) is 3.19. The highest BCUT2D eigenvalue weighted by molar-refractivity contribution is 5.94. The Morgan fingerprint density at radius 1 is 1.19 bits per heavy atom. The molecule has 204 valence electrons. The normalized spacial score (nSPS) is 49.8. The lowest BCUT2D eigenvalue weighted by atomic mass is 9.50. The van der Waals surface area contributed by atoms with Crippen LogP contribution >= 0.6 is 0 Å². The third-order valence-electron chi connectivity index (χ3n) is 11.8. The van der Waals surface area contributed by atoms with Gasteiger partial charge in [-0.2, -0.15) is 0 Å². The lowest BCUT2D eigenvalue weighted by molar-refractivity contribution is -0.160. The van der Waals surface area contributed by atoms with E-state index in [2.05, 4.69) is 17.1 Å². The summed E-state index contributed by atoms with van der Waals surface area (Å²) in [6, 6.07) is 0. The highest BCUT2D eigenvalue weighted by Gasteiger charge is 2.77. The Bertz CT molecular complexity index is 1020. The number of halogens is 1. The van der Waals surface area contributed by atoms with Gasteiger partial charge in [0, 0.05) is 42.9 Å². The minimum atomic E-state index is -0.852. The maximum Gasteiger partial charge on any atom is 0.414 e. The van der Waals surface area contributed by atoms with E-state index in [9.17, 15) is 18.8 Å². The number of nitrogens with zero attached hydrogens (tertiary/aromatic N) is 1. The van der Waals surface area contributed by atoms with E-state index in [0.29, 0.717) is 31.1 Å². The first-order chi connectivity index (χ1) is 17.7. The number of ether oxygens (including phenoxy) is 2. The number of Topliss-reactive ketones (excluding diaryl/α,β-unsaturated/α-hetero) is 1. The number of hydrogen-bond acceptors (Lipinski definition) is 6. The molecule has 2 aliphatic heterocycles. The molecule has 6 aliphatic rings. The molecule has 4 aliphatic carbocycles. The van der Waals surface area contributed by atoms with Crippen molar-refractivity contribution in [1.29, 1.82) is 0 Å². The number of nitrogens with one attached hydrogen (secondary N) is 1. The van der Waals surface area contributed by atoms with Crippen molar-refractivity contribution in [3.8, 4) is 0 Å². The highest BCUT2D eigenvalue weighted by atomic mass is 19.1. The molecule has 2 amide bonds. The van der Waals surface area contributed by atoms with Gasteiger partial charge in [-0.15, -0.1) is 0 Å². The molecule has 0 aromatic heterocycles. The first-order valence-corrected chi connectivity index (χ1v) is 14.2. The van der Waals surface area contributed by atoms with Crippen LogP contribution in [-0.2, 0) is 19.1 Å². The Kier molecular flexibility index (Phi) is 6.11. The molecule has 37 heavy (non-hydrogen) atoms. The predicted molar refractivity (Wildman–Crippen MR) is 134 cm³/mol. The van der Waals surface area contributed by atoms with Crippen molar-refractivity contribution in [2.24, 2.45) is 45.8 Å². The summed E-state index contributed by atoms with van der Waals surface area (Å²) in [5, 5.41) is 2.56. The standard InChI is InChI=1S/C29H41FN2O5/c1-17-24(33)27(2,8-4-11-30)14-22(37-26(35)31-25(34)20-16-32-12-7-18(20)15-32)29-13-19(29)5-9-28(17)10-6-21(36-3)23(28)29/h4,11,17-23H,5-10,12-16H2,1-3H3,(H,31,34,35)/t17-,18+,19-,20-,21+,22+,23?,27+,28?,29-/m0/s1. The first kappa shape index (κ1) is 25.5. The van der Waals surface area contributed by atoms with Crippen LogP contribution in [0.5, 0.6) is 0 Å². The number of fused-ring (bicyclic) bond motifs is 2. The van der Waals surface area contributed by atoms with Crippen molar-refractivity contribution in [3.63, 3.8) is 0 Å². The van der Waals surface area contributed by atoms with E-state index in [-0.39, 0.29) is 52.8 Å². The fourth-order valence-corrected chi connectivity index (χ4v) is 9.94. The number of rotatable bonds is 5. The maximum absolute atomic E-state index is 14.1. The van der Waals surface area contributed by atoms with E-state index >= 15 is 0 Å². The zero-order chi connectivity index (χ0) is 26.2. The molecule has 6 fully saturated rings. The number of alkyl carbamates (subject to hydrolysis) is 1. The molecule has 8 heteroatoms. The van der Waals surface area contributed by atoms with Gasteiger partial charge >= 0.3 is 6.09 Å². The molecule has 0 radical (unpaired) electrons. The summed E-state index contributed by atoms with van der Waals surface area (Å²) in [5.74, 6) is 0.374. The topological polar surface area (TPSA) is 84.9 Å². The second-order valence-electron chi connectivity index (χ2n) is 13.3. The predicted octanol–water partition coefficient (Wildman–Crippen LogP) is 4.26. The lowest BCUT2D eigenvalue weighted by Gasteiger charge is -2.55. The molecule has 0 aromatic rings. The minimum absolute atomic E-state index is 0.0227. The summed E-state index contributed by atoms with van der Waals surface area (Å²) in [6.45, 7) is 6.60. The highest BCUT2D eigenvalue weighted by Crippen LogP contribution is 2.78. The third-order valence-corrected chi connectivity index (χ3v) is 11.8. The fourth-order valence-electron chi connectivity index (χ4n) is 9.94. The second kappa shape index (κ2) is 8.87. The Labute approximate surface area is 218 Å². The van der Waals surface area contributed by atoms with Crippen molar-refractivity contribution in [3.05, 3.63) is 12.4 Å². The Hall–Kier alpha value is -1.80. The van der Waals surface area contributed by atoms with Gasteiger partial charge in [0.05, 0.1) is 18.4 Å². The van der Waals surface area contributed by atoms with Crippen molar-refractivity contribution in [2.45, 2.75) is 77.4 Å². The molecule has 11 atom stereocenters. The van der Waals surface area contributed by atoms with Gasteiger partial charge in [-0.25, -0.2) is 9.18 Å². The minimum Gasteiger partial charge on any atom is -0.445 e. The van der Waals surface area contributed by atoms with Gasteiger partial charge in [-0.1, -0.05) is 19.9 Å². The first-order valence-electron chi connectivity index (χ1n) is 14.2. The van der Waals surface area contributed by atoms with Gasteiger partial charge in [-0.05, 0) is 75.2 Å². The van der Waals surface area contributed by atoms with Crippen LogP contribution in [0.25, 0.3) is 0 Å². The molecule has 0 aromatic carbocycles. The van der Waals surface area contributed by atoms with Crippen LogP contribution in [0.1, 0.15) is 65.2 Å². The number of carbonyl (C=O) groups excluding carboxylic acids is 3. The van der Waals surface area contributed by atoms with Crippen molar-refractivity contribution < 1.29 is 28.2 Å². The van der Waals surface area contributed by atoms with Gasteiger partial charge in [0.1, 0.15) is 11.9 Å². The number of methoxy groups -OCH3 is 1. The molecular formula is C29H41FN2O5. The maximum atomic E-state index is 14.1. The van der Waals surface area contributed by atoms with Gasteiger partial charge in [-0.3, -0.25) is 14.9 Å². The zero-order valence-electron chi connectivity index (χ0n) is 22.3. The number of amides is 2. The van der Waals surface area contributed by atoms with Crippen LogP contribution in [0, 0.1) is 45.8 Å². The van der Waals surface area contributed by atoms with Crippen LogP contribution in [0.3, 0.4) is 0 Å². The van der Waals surface area contributed by atoms with Crippen LogP contribution in [0.4, 0.5) is 9.18 Å². The van der Waals surface area contributed by atoms with Gasteiger partial charge in [0.2, 0.25) is 5.91 Å². The molecule has 4 saturated carbocycles. The fraction of sp³-hybridized carbons (Fsp3) is 0.828. The number of piperidine rings is 1. The number of ketones is 1. The Morgan fingerprint density at radius 2 is 1.97 bits per heavy atom. The molecular weight excluding hydrogens is 475 g/mol. The van der Waals surface area contributed by atoms with Crippen LogP contribution in [0.15, 0.2) is 12.4 Å². The molecule has 1 spiro atoms. The van der Waals surface area contributed by atoms with Crippen molar-refractivity contribution in [2.75, 3.05) is 26.7 Å². The lowest BCUT2D eigenvalue weighted by Crippen LogP contribution is -2.58. The van der Waals surface area contributed by atoms with Gasteiger partial charge in [0.15, 0.2) is 0 Å². The van der Waals surface area contributed by atoms with Crippen LogP contribution < -0.4 is 5.32 Å². The summed E-state index contributed by atoms with van der Waals surface area (Å²) < 4.78 is 25.4. The Morgan fingerprint density at radius 3 is 2.65 bits per heavy atom. The monoisotopic (exact) mass is 516 g/mol. The van der Waals surface area contributed by atoms with Crippen molar-refractivity contribution >= 4 is 17.8 Å². The third kappa shape index (κ3) is 3.68. The molecule has 2 saturated heterocycles. The SMILES string of the molecule is CO[C@@H]1CCC23CC[C@H]4C[C@@]4(C12)[C@H](OC(=O)NC(=O)[C@H]1CN2CC[C@@H]1C2)C[C@@](C)(CC=CF)C(=O)[C@@H]3C. The molecule has 3 unspecified atom stereocenters. The number of imide groups is 1. The van der Waals surface area contributed by atoms with Crippen LogP contribution in [0.2, 0.25) is 0 Å². The molecule has 4 bridgehead atoms. The number of carbonyl (C=O) groups is 3. The second-order valence-corrected chi connectivity index (χ2v) is 13.3. The van der Waals surface area contributed by atoms with E-state index in [0.717, 1.165) is 51.6 Å². The van der Waals surface area contributed by atoms with Gasteiger partial charge < -0.3 is 14.4 Å². The zero-order valence-corrected chi connectivity index (χ0v) is 22.3. The summed E-state index contributed by atoms with van der Waals surface area (Å²) in [4.78, 5) is 42.6. The largest absolute Gasteiger partial charge is 0.445 e. The molecule has 2 heterocycles. The Balaban J connectivity index is 1.31. The van der Waals surface area contributed by atoms with E-state index < -0.39 is 17.6 Å². The summed E-state index contributed by atoms with van der Waals surface area (Å²) >= 11 is 0. The molecule has 1 N–H and O–H groups in total. The van der Waals surface area contributed by atoms with E-state index in [1.807, 2.05) is 6.92 Å².